The number of aromatic nitrogens is 1. The standard InChI is InChI=1S/C23H20N2O7S/c1-12-19(22(28)30-4)20(14-7-8-16(32-13(2)26)17(10-14)29-3)25-21(27)18(33-23(25)24-12)11-15-6-5-9-31-15/h5-11,20H,1-4H3. The van der Waals surface area contributed by atoms with E-state index in [1.807, 2.05) is 0 Å². The van der Waals surface area contributed by atoms with Gasteiger partial charge in [-0.3, -0.25) is 14.2 Å². The molecule has 0 bridgehead atoms. The molecule has 1 aliphatic heterocycles. The normalized spacial score (nSPS) is 15.6. The van der Waals surface area contributed by atoms with Crippen molar-refractivity contribution in [1.29, 1.82) is 0 Å². The minimum atomic E-state index is -0.826. The second-order valence-electron chi connectivity index (χ2n) is 7.09. The SMILES string of the molecule is COC(=O)C1=C(C)N=c2sc(=Cc3ccco3)c(=O)n2C1c1ccc(OC(C)=O)c(OC)c1. The van der Waals surface area contributed by atoms with E-state index in [1.54, 1.807) is 43.3 Å². The molecular weight excluding hydrogens is 448 g/mol. The average molecular weight is 468 g/mol. The van der Waals surface area contributed by atoms with Crippen LogP contribution in [0.25, 0.3) is 6.08 Å². The van der Waals surface area contributed by atoms with Crippen LogP contribution in [0.2, 0.25) is 0 Å². The Morgan fingerprint density at radius 2 is 2.00 bits per heavy atom. The molecule has 9 nitrogen and oxygen atoms in total. The molecule has 0 fully saturated rings. The number of fused-ring (bicyclic) bond motifs is 1. The molecule has 170 valence electrons. The maximum atomic E-state index is 13.4. The monoisotopic (exact) mass is 468 g/mol. The molecule has 1 aliphatic rings. The Kier molecular flexibility index (Phi) is 6.01. The van der Waals surface area contributed by atoms with Gasteiger partial charge < -0.3 is 18.6 Å². The molecule has 10 heteroatoms. The van der Waals surface area contributed by atoms with Gasteiger partial charge >= 0.3 is 11.9 Å². The predicted octanol–water partition coefficient (Wildman–Crippen LogP) is 1.94. The van der Waals surface area contributed by atoms with E-state index in [-0.39, 0.29) is 22.6 Å². The Bertz CT molecular complexity index is 1440. The molecule has 0 amide bonds. The van der Waals surface area contributed by atoms with Crippen molar-refractivity contribution in [3.8, 4) is 11.5 Å². The highest BCUT2D eigenvalue weighted by Gasteiger charge is 2.33. The van der Waals surface area contributed by atoms with Gasteiger partial charge in [0.25, 0.3) is 5.56 Å². The lowest BCUT2D eigenvalue weighted by Gasteiger charge is -2.25. The average Bonchev–Trinajstić information content (AvgIpc) is 3.40. The maximum Gasteiger partial charge on any atom is 0.338 e. The minimum absolute atomic E-state index is 0.219. The molecule has 2 aromatic heterocycles. The quantitative estimate of drug-likeness (QED) is 0.416. The molecule has 0 radical (unpaired) electrons. The van der Waals surface area contributed by atoms with E-state index < -0.39 is 18.0 Å². The van der Waals surface area contributed by atoms with E-state index >= 15 is 0 Å². The lowest BCUT2D eigenvalue weighted by atomic mass is 9.95. The smallest absolute Gasteiger partial charge is 0.338 e. The van der Waals surface area contributed by atoms with Crippen LogP contribution in [0.3, 0.4) is 0 Å². The highest BCUT2D eigenvalue weighted by molar-refractivity contribution is 7.07. The van der Waals surface area contributed by atoms with Gasteiger partial charge in [-0.1, -0.05) is 17.4 Å². The highest BCUT2D eigenvalue weighted by Crippen LogP contribution is 2.36. The molecule has 0 saturated heterocycles. The Hall–Kier alpha value is -3.92. The fourth-order valence-electron chi connectivity index (χ4n) is 3.60. The first kappa shape index (κ1) is 22.3. The summed E-state index contributed by atoms with van der Waals surface area (Å²) in [4.78, 5) is 42.5. The van der Waals surface area contributed by atoms with Crippen LogP contribution in [0.5, 0.6) is 11.5 Å². The molecule has 4 rings (SSSR count). The van der Waals surface area contributed by atoms with Gasteiger partial charge in [0.15, 0.2) is 16.3 Å². The first-order valence-electron chi connectivity index (χ1n) is 9.84. The van der Waals surface area contributed by atoms with Crippen LogP contribution in [0.15, 0.2) is 62.1 Å². The number of hydrogen-bond acceptors (Lipinski definition) is 9. The summed E-state index contributed by atoms with van der Waals surface area (Å²) in [6.07, 6.45) is 3.14. The summed E-state index contributed by atoms with van der Waals surface area (Å²) in [5.74, 6) is -0.0887. The molecule has 0 saturated carbocycles. The van der Waals surface area contributed by atoms with Crippen molar-refractivity contribution in [2.75, 3.05) is 14.2 Å². The molecule has 1 atom stereocenters. The van der Waals surface area contributed by atoms with E-state index in [9.17, 15) is 14.4 Å². The molecule has 3 heterocycles. The van der Waals surface area contributed by atoms with Gasteiger partial charge in [0.2, 0.25) is 0 Å². The van der Waals surface area contributed by atoms with E-state index in [1.165, 1.54) is 43.3 Å². The summed E-state index contributed by atoms with van der Waals surface area (Å²) in [5, 5.41) is 0. The second kappa shape index (κ2) is 8.91. The summed E-state index contributed by atoms with van der Waals surface area (Å²) in [6.45, 7) is 2.97. The number of furan rings is 1. The molecule has 33 heavy (non-hydrogen) atoms. The number of ether oxygens (including phenoxy) is 3. The second-order valence-corrected chi connectivity index (χ2v) is 8.10. The zero-order valence-electron chi connectivity index (χ0n) is 18.3. The van der Waals surface area contributed by atoms with Crippen LogP contribution in [0, 0.1) is 0 Å². The summed E-state index contributed by atoms with van der Waals surface area (Å²) in [5.41, 5.74) is 0.873. The number of thiazole rings is 1. The van der Waals surface area contributed by atoms with Crippen molar-refractivity contribution in [3.63, 3.8) is 0 Å². The summed E-state index contributed by atoms with van der Waals surface area (Å²) >= 11 is 1.19. The lowest BCUT2D eigenvalue weighted by Crippen LogP contribution is -2.39. The topological polar surface area (TPSA) is 109 Å². The van der Waals surface area contributed by atoms with Crippen LogP contribution in [-0.2, 0) is 14.3 Å². The molecule has 1 unspecified atom stereocenters. The van der Waals surface area contributed by atoms with Crippen LogP contribution < -0.4 is 24.4 Å². The minimum Gasteiger partial charge on any atom is -0.493 e. The molecule has 3 aromatic rings. The fraction of sp³-hybridized carbons (Fsp3) is 0.217. The maximum absolute atomic E-state index is 13.4. The van der Waals surface area contributed by atoms with E-state index in [4.69, 9.17) is 18.6 Å². The van der Waals surface area contributed by atoms with Crippen molar-refractivity contribution in [1.82, 2.24) is 4.57 Å². The molecular formula is C23H20N2O7S. The predicted molar refractivity (Wildman–Crippen MR) is 119 cm³/mol. The van der Waals surface area contributed by atoms with Crippen LogP contribution in [0.1, 0.15) is 31.2 Å². The molecule has 1 aromatic carbocycles. The van der Waals surface area contributed by atoms with E-state index in [0.29, 0.717) is 26.4 Å². The van der Waals surface area contributed by atoms with Crippen LogP contribution in [0.4, 0.5) is 0 Å². The Morgan fingerprint density at radius 1 is 1.21 bits per heavy atom. The third-order valence-electron chi connectivity index (χ3n) is 5.00. The molecule has 0 spiro atoms. The number of carbonyl (C=O) groups is 2. The zero-order chi connectivity index (χ0) is 23.7. The van der Waals surface area contributed by atoms with Crippen molar-refractivity contribution >= 4 is 29.4 Å². The van der Waals surface area contributed by atoms with Gasteiger partial charge in [0, 0.05) is 13.0 Å². The Balaban J connectivity index is 1.96. The molecule has 0 N–H and O–H groups in total. The number of hydrogen-bond donors (Lipinski definition) is 0. The first-order valence-corrected chi connectivity index (χ1v) is 10.7. The zero-order valence-corrected chi connectivity index (χ0v) is 19.1. The number of carbonyl (C=O) groups excluding carboxylic acids is 2. The van der Waals surface area contributed by atoms with Crippen LogP contribution in [-0.4, -0.2) is 30.7 Å². The number of rotatable bonds is 5. The summed E-state index contributed by atoms with van der Waals surface area (Å²) in [6, 6.07) is 7.47. The number of methoxy groups -OCH3 is 2. The number of nitrogens with zero attached hydrogens (tertiary/aromatic N) is 2. The van der Waals surface area contributed by atoms with Crippen LogP contribution >= 0.6 is 11.3 Å². The van der Waals surface area contributed by atoms with Gasteiger partial charge in [0.05, 0.1) is 42.3 Å². The van der Waals surface area contributed by atoms with Crippen molar-refractivity contribution in [3.05, 3.63) is 78.9 Å². The Labute approximate surface area is 191 Å². The summed E-state index contributed by atoms with van der Waals surface area (Å²) in [7, 11) is 2.70. The van der Waals surface area contributed by atoms with E-state index in [0.717, 1.165) is 0 Å². The fourth-order valence-corrected chi connectivity index (χ4v) is 4.63. The van der Waals surface area contributed by atoms with Gasteiger partial charge in [-0.2, -0.15) is 0 Å². The number of benzene rings is 1. The largest absolute Gasteiger partial charge is 0.493 e. The Morgan fingerprint density at radius 3 is 2.64 bits per heavy atom. The van der Waals surface area contributed by atoms with Gasteiger partial charge in [-0.05, 0) is 36.8 Å². The van der Waals surface area contributed by atoms with E-state index in [2.05, 4.69) is 4.99 Å². The van der Waals surface area contributed by atoms with Crippen molar-refractivity contribution in [2.45, 2.75) is 19.9 Å². The first-order chi connectivity index (χ1) is 15.8. The molecule has 0 aliphatic carbocycles. The van der Waals surface area contributed by atoms with Crippen molar-refractivity contribution in [2.24, 2.45) is 4.99 Å². The van der Waals surface area contributed by atoms with Gasteiger partial charge in [0.1, 0.15) is 5.76 Å². The third-order valence-corrected chi connectivity index (χ3v) is 5.98. The van der Waals surface area contributed by atoms with Gasteiger partial charge in [-0.15, -0.1) is 0 Å². The highest BCUT2D eigenvalue weighted by atomic mass is 32.1. The third kappa shape index (κ3) is 4.12. The van der Waals surface area contributed by atoms with Gasteiger partial charge in [-0.25, -0.2) is 9.79 Å². The van der Waals surface area contributed by atoms with Crippen molar-refractivity contribution < 1.29 is 28.2 Å². The summed E-state index contributed by atoms with van der Waals surface area (Å²) < 4.78 is 22.7. The number of esters is 2. The number of allylic oxidation sites excluding steroid dienone is 1. The lowest BCUT2D eigenvalue weighted by molar-refractivity contribution is -0.136.